The quantitative estimate of drug-likeness (QED) is 0.886. The number of rotatable bonds is 4. The molecule has 0 aromatic heterocycles. The largest absolute Gasteiger partial charge is 0.371 e. The molecule has 1 fully saturated rings. The molecule has 0 amide bonds. The number of hydrogen-bond acceptors (Lipinski definition) is 2. The first-order chi connectivity index (χ1) is 8.61. The molecule has 1 saturated heterocycles. The molecule has 2 N–H and O–H groups in total. The topological polar surface area (TPSA) is 29.3 Å². The van der Waals surface area contributed by atoms with Crippen molar-refractivity contribution in [3.8, 4) is 0 Å². The molecule has 0 bridgehead atoms. The van der Waals surface area contributed by atoms with E-state index in [2.05, 4.69) is 11.8 Å². The zero-order valence-corrected chi connectivity index (χ0v) is 11.3. The first kappa shape index (κ1) is 13.3. The molecule has 18 heavy (non-hydrogen) atoms. The fraction of sp³-hybridized carbons (Fsp3) is 0.600. The standard InChI is InChI=1S/C15H23FN2/c1-3-4-12-7-8-18(10-12)15-6-5-13(16)9-14(15)11(2)17/h5-6,9,11-12H,3-4,7-8,10,17H2,1-2H3/t11-,12?/m1/s1. The molecule has 1 heterocycles. The highest BCUT2D eigenvalue weighted by Crippen LogP contribution is 2.31. The first-order valence-electron chi connectivity index (χ1n) is 6.91. The molecule has 0 spiro atoms. The van der Waals surface area contributed by atoms with Crippen LogP contribution in [-0.4, -0.2) is 13.1 Å². The number of hydrogen-bond donors (Lipinski definition) is 1. The number of nitrogens with zero attached hydrogens (tertiary/aromatic N) is 1. The fourth-order valence-corrected chi connectivity index (χ4v) is 2.87. The molecule has 2 rings (SSSR count). The minimum Gasteiger partial charge on any atom is -0.371 e. The molecular weight excluding hydrogens is 227 g/mol. The maximum absolute atomic E-state index is 13.3. The summed E-state index contributed by atoms with van der Waals surface area (Å²) < 4.78 is 13.3. The lowest BCUT2D eigenvalue weighted by Gasteiger charge is -2.23. The van der Waals surface area contributed by atoms with E-state index in [-0.39, 0.29) is 11.9 Å². The Morgan fingerprint density at radius 1 is 1.50 bits per heavy atom. The third-order valence-corrected chi connectivity index (χ3v) is 3.80. The van der Waals surface area contributed by atoms with Crippen LogP contribution in [0.4, 0.5) is 10.1 Å². The van der Waals surface area contributed by atoms with Gasteiger partial charge in [0.1, 0.15) is 5.82 Å². The lowest BCUT2D eigenvalue weighted by atomic mass is 10.0. The van der Waals surface area contributed by atoms with Gasteiger partial charge in [-0.05, 0) is 49.4 Å². The number of benzene rings is 1. The van der Waals surface area contributed by atoms with Crippen LogP contribution in [0.1, 0.15) is 44.7 Å². The second kappa shape index (κ2) is 5.70. The first-order valence-corrected chi connectivity index (χ1v) is 6.91. The molecule has 1 aromatic carbocycles. The minimum absolute atomic E-state index is 0.124. The average Bonchev–Trinajstić information content (AvgIpc) is 2.78. The molecule has 1 aliphatic rings. The lowest BCUT2D eigenvalue weighted by molar-refractivity contribution is 0.529. The van der Waals surface area contributed by atoms with E-state index in [1.807, 2.05) is 13.0 Å². The average molecular weight is 250 g/mol. The van der Waals surface area contributed by atoms with Gasteiger partial charge in [0.2, 0.25) is 0 Å². The Kier molecular flexibility index (Phi) is 4.23. The van der Waals surface area contributed by atoms with Crippen molar-refractivity contribution in [1.29, 1.82) is 0 Å². The van der Waals surface area contributed by atoms with Crippen molar-refractivity contribution in [3.05, 3.63) is 29.6 Å². The van der Waals surface area contributed by atoms with Crippen molar-refractivity contribution < 1.29 is 4.39 Å². The van der Waals surface area contributed by atoms with Gasteiger partial charge in [-0.25, -0.2) is 4.39 Å². The molecule has 2 nitrogen and oxygen atoms in total. The predicted molar refractivity (Wildman–Crippen MR) is 74.2 cm³/mol. The summed E-state index contributed by atoms with van der Waals surface area (Å²) in [7, 11) is 0. The second-order valence-electron chi connectivity index (χ2n) is 5.38. The van der Waals surface area contributed by atoms with E-state index >= 15 is 0 Å². The van der Waals surface area contributed by atoms with E-state index < -0.39 is 0 Å². The summed E-state index contributed by atoms with van der Waals surface area (Å²) in [5.74, 6) is 0.580. The van der Waals surface area contributed by atoms with E-state index in [4.69, 9.17) is 5.73 Å². The van der Waals surface area contributed by atoms with Crippen LogP contribution in [0.2, 0.25) is 0 Å². The molecule has 0 radical (unpaired) electrons. The van der Waals surface area contributed by atoms with Crippen LogP contribution >= 0.6 is 0 Å². The van der Waals surface area contributed by atoms with E-state index in [0.29, 0.717) is 0 Å². The fourth-order valence-electron chi connectivity index (χ4n) is 2.87. The van der Waals surface area contributed by atoms with E-state index in [1.54, 1.807) is 6.07 Å². The smallest absolute Gasteiger partial charge is 0.123 e. The monoisotopic (exact) mass is 250 g/mol. The third-order valence-electron chi connectivity index (χ3n) is 3.80. The summed E-state index contributed by atoms with van der Waals surface area (Å²) in [5, 5.41) is 0. The van der Waals surface area contributed by atoms with Crippen LogP contribution in [0.15, 0.2) is 18.2 Å². The van der Waals surface area contributed by atoms with E-state index in [1.165, 1.54) is 25.3 Å². The van der Waals surface area contributed by atoms with Crippen LogP contribution < -0.4 is 10.6 Å². The summed E-state index contributed by atoms with van der Waals surface area (Å²) in [6.07, 6.45) is 3.76. The zero-order chi connectivity index (χ0) is 13.1. The van der Waals surface area contributed by atoms with Crippen molar-refractivity contribution in [1.82, 2.24) is 0 Å². The molecule has 2 atom stereocenters. The summed E-state index contributed by atoms with van der Waals surface area (Å²) in [6.45, 7) is 6.29. The highest BCUT2D eigenvalue weighted by atomic mass is 19.1. The summed E-state index contributed by atoms with van der Waals surface area (Å²) in [4.78, 5) is 2.36. The van der Waals surface area contributed by atoms with Gasteiger partial charge in [0, 0.05) is 24.8 Å². The molecule has 1 aromatic rings. The number of halogens is 1. The Hall–Kier alpha value is -1.09. The van der Waals surface area contributed by atoms with Gasteiger partial charge in [-0.15, -0.1) is 0 Å². The maximum Gasteiger partial charge on any atom is 0.123 e. The summed E-state index contributed by atoms with van der Waals surface area (Å²) in [5.41, 5.74) is 7.99. The highest BCUT2D eigenvalue weighted by Gasteiger charge is 2.24. The maximum atomic E-state index is 13.3. The van der Waals surface area contributed by atoms with E-state index in [0.717, 1.165) is 30.3 Å². The SMILES string of the molecule is CCCC1CCN(c2ccc(F)cc2[C@@H](C)N)C1. The Bertz CT molecular complexity index is 403. The predicted octanol–water partition coefficient (Wildman–Crippen LogP) is 3.47. The normalized spacial score (nSPS) is 21.3. The summed E-state index contributed by atoms with van der Waals surface area (Å²) in [6, 6.07) is 4.87. The van der Waals surface area contributed by atoms with Crippen molar-refractivity contribution in [2.75, 3.05) is 18.0 Å². The number of anilines is 1. The van der Waals surface area contributed by atoms with Gasteiger partial charge in [0.25, 0.3) is 0 Å². The van der Waals surface area contributed by atoms with Gasteiger partial charge < -0.3 is 10.6 Å². The number of nitrogens with two attached hydrogens (primary N) is 1. The molecule has 1 unspecified atom stereocenters. The Balaban J connectivity index is 2.18. The zero-order valence-electron chi connectivity index (χ0n) is 11.3. The van der Waals surface area contributed by atoms with Crippen molar-refractivity contribution in [2.24, 2.45) is 11.7 Å². The Labute approximate surface area is 109 Å². The van der Waals surface area contributed by atoms with Crippen LogP contribution in [0, 0.1) is 11.7 Å². The summed E-state index contributed by atoms with van der Waals surface area (Å²) >= 11 is 0. The van der Waals surface area contributed by atoms with Crippen LogP contribution in [-0.2, 0) is 0 Å². The molecule has 0 saturated carbocycles. The molecular formula is C15H23FN2. The highest BCUT2D eigenvalue weighted by molar-refractivity contribution is 5.55. The van der Waals surface area contributed by atoms with Crippen molar-refractivity contribution in [3.63, 3.8) is 0 Å². The van der Waals surface area contributed by atoms with Crippen LogP contribution in [0.5, 0.6) is 0 Å². The van der Waals surface area contributed by atoms with Gasteiger partial charge in [-0.1, -0.05) is 13.3 Å². The molecule has 100 valence electrons. The van der Waals surface area contributed by atoms with Gasteiger partial charge in [-0.3, -0.25) is 0 Å². The Morgan fingerprint density at radius 2 is 2.28 bits per heavy atom. The van der Waals surface area contributed by atoms with Crippen LogP contribution in [0.25, 0.3) is 0 Å². The van der Waals surface area contributed by atoms with Crippen molar-refractivity contribution in [2.45, 2.75) is 39.2 Å². The Morgan fingerprint density at radius 3 is 2.94 bits per heavy atom. The third kappa shape index (κ3) is 2.83. The van der Waals surface area contributed by atoms with Gasteiger partial charge >= 0.3 is 0 Å². The molecule has 1 aliphatic heterocycles. The van der Waals surface area contributed by atoms with E-state index in [9.17, 15) is 4.39 Å². The van der Waals surface area contributed by atoms with Crippen molar-refractivity contribution >= 4 is 5.69 Å². The van der Waals surface area contributed by atoms with Crippen LogP contribution in [0.3, 0.4) is 0 Å². The van der Waals surface area contributed by atoms with Gasteiger partial charge in [-0.2, -0.15) is 0 Å². The molecule has 3 heteroatoms. The molecule has 0 aliphatic carbocycles. The second-order valence-corrected chi connectivity index (χ2v) is 5.38. The minimum atomic E-state index is -0.199. The van der Waals surface area contributed by atoms with Gasteiger partial charge in [0.15, 0.2) is 0 Å². The van der Waals surface area contributed by atoms with Gasteiger partial charge in [0.05, 0.1) is 0 Å². The lowest BCUT2D eigenvalue weighted by Crippen LogP contribution is -2.22.